The standard InChI is InChI=1S/C19H28N2O5.ClH/c1-4-26-19(23)14-7-10-21(11-8-14)12-9-18(22)20-16-6-5-15(24-2)13-17(16)25-3;/h5-6,13-14H,4,7-12H2,1-3H3,(H,20,22);1H. The summed E-state index contributed by atoms with van der Waals surface area (Å²) in [6.45, 7) is 4.53. The Labute approximate surface area is 166 Å². The highest BCUT2D eigenvalue weighted by Crippen LogP contribution is 2.29. The topological polar surface area (TPSA) is 77.1 Å². The molecule has 0 spiro atoms. The van der Waals surface area contributed by atoms with Crippen LogP contribution in [0.15, 0.2) is 18.2 Å². The number of methoxy groups -OCH3 is 2. The highest BCUT2D eigenvalue weighted by Gasteiger charge is 2.26. The van der Waals surface area contributed by atoms with Gasteiger partial charge in [0.15, 0.2) is 0 Å². The number of anilines is 1. The summed E-state index contributed by atoms with van der Waals surface area (Å²) in [7, 11) is 3.14. The third kappa shape index (κ3) is 6.92. The molecule has 7 nitrogen and oxygen atoms in total. The zero-order valence-electron chi connectivity index (χ0n) is 16.2. The molecule has 1 amide bonds. The number of piperidine rings is 1. The maximum atomic E-state index is 12.2. The third-order valence-corrected chi connectivity index (χ3v) is 4.55. The molecule has 1 aliphatic rings. The van der Waals surface area contributed by atoms with E-state index < -0.39 is 0 Å². The molecule has 1 aromatic carbocycles. The lowest BCUT2D eigenvalue weighted by Gasteiger charge is -2.30. The Balaban J connectivity index is 0.00000364. The fourth-order valence-electron chi connectivity index (χ4n) is 3.03. The maximum Gasteiger partial charge on any atom is 0.309 e. The molecular weight excluding hydrogens is 372 g/mol. The minimum absolute atomic E-state index is 0. The zero-order chi connectivity index (χ0) is 18.9. The lowest BCUT2D eigenvalue weighted by molar-refractivity contribution is -0.149. The maximum absolute atomic E-state index is 12.2. The number of ether oxygens (including phenoxy) is 3. The number of hydrogen-bond acceptors (Lipinski definition) is 6. The van der Waals surface area contributed by atoms with Crippen molar-refractivity contribution in [1.29, 1.82) is 0 Å². The number of hydrogen-bond donors (Lipinski definition) is 1. The number of amides is 1. The Kier molecular flexibility index (Phi) is 9.96. The van der Waals surface area contributed by atoms with Crippen molar-refractivity contribution in [3.05, 3.63) is 18.2 Å². The monoisotopic (exact) mass is 400 g/mol. The van der Waals surface area contributed by atoms with Crippen LogP contribution in [0.2, 0.25) is 0 Å². The van der Waals surface area contributed by atoms with E-state index in [0.29, 0.717) is 36.8 Å². The molecule has 1 saturated heterocycles. The lowest BCUT2D eigenvalue weighted by Crippen LogP contribution is -2.38. The number of halogens is 1. The van der Waals surface area contributed by atoms with Crippen molar-refractivity contribution >= 4 is 30.0 Å². The molecule has 1 heterocycles. The van der Waals surface area contributed by atoms with Gasteiger partial charge < -0.3 is 24.4 Å². The van der Waals surface area contributed by atoms with Crippen molar-refractivity contribution in [2.24, 2.45) is 5.92 Å². The Morgan fingerprint density at radius 2 is 1.89 bits per heavy atom. The summed E-state index contributed by atoms with van der Waals surface area (Å²) < 4.78 is 15.5. The average Bonchev–Trinajstić information content (AvgIpc) is 2.67. The predicted octanol–water partition coefficient (Wildman–Crippen LogP) is 2.73. The summed E-state index contributed by atoms with van der Waals surface area (Å²) in [5, 5.41) is 2.88. The van der Waals surface area contributed by atoms with Gasteiger partial charge in [-0.05, 0) is 45.0 Å². The van der Waals surface area contributed by atoms with E-state index in [-0.39, 0.29) is 30.2 Å². The molecule has 1 aromatic rings. The van der Waals surface area contributed by atoms with Crippen LogP contribution >= 0.6 is 12.4 Å². The molecule has 2 rings (SSSR count). The minimum atomic E-state index is -0.100. The van der Waals surface area contributed by atoms with Crippen LogP contribution in [-0.4, -0.2) is 57.2 Å². The molecular formula is C19H29ClN2O5. The second kappa shape index (κ2) is 11.7. The molecule has 1 fully saturated rings. The second-order valence-electron chi connectivity index (χ2n) is 6.23. The van der Waals surface area contributed by atoms with Crippen LogP contribution in [0.3, 0.4) is 0 Å². The van der Waals surface area contributed by atoms with Crippen molar-refractivity contribution in [3.8, 4) is 11.5 Å². The molecule has 0 radical (unpaired) electrons. The van der Waals surface area contributed by atoms with E-state index in [1.165, 1.54) is 0 Å². The quantitative estimate of drug-likeness (QED) is 0.676. The van der Waals surface area contributed by atoms with E-state index in [9.17, 15) is 9.59 Å². The fourth-order valence-corrected chi connectivity index (χ4v) is 3.03. The van der Waals surface area contributed by atoms with E-state index in [1.807, 2.05) is 6.92 Å². The SMILES string of the molecule is CCOC(=O)C1CCN(CCC(=O)Nc2ccc(OC)cc2OC)CC1.Cl. The van der Waals surface area contributed by atoms with Crippen LogP contribution in [0.25, 0.3) is 0 Å². The van der Waals surface area contributed by atoms with Crippen LogP contribution in [0.5, 0.6) is 11.5 Å². The number of carbonyl (C=O) groups is 2. The highest BCUT2D eigenvalue weighted by molar-refractivity contribution is 5.92. The number of esters is 1. The first-order valence-electron chi connectivity index (χ1n) is 8.98. The summed E-state index contributed by atoms with van der Waals surface area (Å²) in [6.07, 6.45) is 1.96. The van der Waals surface area contributed by atoms with Gasteiger partial charge in [-0.25, -0.2) is 0 Å². The highest BCUT2D eigenvalue weighted by atomic mass is 35.5. The minimum Gasteiger partial charge on any atom is -0.497 e. The largest absolute Gasteiger partial charge is 0.497 e. The Hall–Kier alpha value is -1.99. The van der Waals surface area contributed by atoms with Gasteiger partial charge in [0.05, 0.1) is 32.4 Å². The van der Waals surface area contributed by atoms with E-state index in [2.05, 4.69) is 10.2 Å². The molecule has 152 valence electrons. The zero-order valence-corrected chi connectivity index (χ0v) is 17.0. The van der Waals surface area contributed by atoms with Gasteiger partial charge in [-0.2, -0.15) is 0 Å². The van der Waals surface area contributed by atoms with Gasteiger partial charge in [-0.3, -0.25) is 9.59 Å². The van der Waals surface area contributed by atoms with Crippen LogP contribution < -0.4 is 14.8 Å². The smallest absolute Gasteiger partial charge is 0.309 e. The van der Waals surface area contributed by atoms with Crippen molar-refractivity contribution < 1.29 is 23.8 Å². The molecule has 0 saturated carbocycles. The van der Waals surface area contributed by atoms with E-state index in [0.717, 1.165) is 25.9 Å². The van der Waals surface area contributed by atoms with Crippen molar-refractivity contribution in [2.75, 3.05) is 45.8 Å². The fraction of sp³-hybridized carbons (Fsp3) is 0.579. The van der Waals surface area contributed by atoms with Gasteiger partial charge >= 0.3 is 5.97 Å². The van der Waals surface area contributed by atoms with E-state index in [4.69, 9.17) is 14.2 Å². The Morgan fingerprint density at radius 1 is 1.19 bits per heavy atom. The molecule has 1 N–H and O–H groups in total. The van der Waals surface area contributed by atoms with Crippen molar-refractivity contribution in [1.82, 2.24) is 4.90 Å². The van der Waals surface area contributed by atoms with Crippen LogP contribution in [-0.2, 0) is 14.3 Å². The Morgan fingerprint density at radius 3 is 2.48 bits per heavy atom. The van der Waals surface area contributed by atoms with Gasteiger partial charge in [0.2, 0.25) is 5.91 Å². The first-order chi connectivity index (χ1) is 12.6. The molecule has 1 aliphatic heterocycles. The molecule has 0 aliphatic carbocycles. The molecule has 0 unspecified atom stereocenters. The summed E-state index contributed by atoms with van der Waals surface area (Å²) in [4.78, 5) is 26.2. The summed E-state index contributed by atoms with van der Waals surface area (Å²) in [6, 6.07) is 5.27. The van der Waals surface area contributed by atoms with E-state index >= 15 is 0 Å². The lowest BCUT2D eigenvalue weighted by atomic mass is 9.97. The first kappa shape index (κ1) is 23.0. The van der Waals surface area contributed by atoms with E-state index in [1.54, 1.807) is 32.4 Å². The number of nitrogens with one attached hydrogen (secondary N) is 1. The average molecular weight is 401 g/mol. The number of carbonyl (C=O) groups excluding carboxylic acids is 2. The summed E-state index contributed by atoms with van der Waals surface area (Å²) in [5.74, 6) is 1.05. The van der Waals surface area contributed by atoms with Gasteiger partial charge in [-0.15, -0.1) is 12.4 Å². The first-order valence-corrected chi connectivity index (χ1v) is 8.98. The molecule has 0 atom stereocenters. The Bertz CT molecular complexity index is 618. The number of likely N-dealkylation sites (tertiary alicyclic amines) is 1. The van der Waals surface area contributed by atoms with Gasteiger partial charge in [-0.1, -0.05) is 0 Å². The normalized spacial score (nSPS) is 14.8. The molecule has 27 heavy (non-hydrogen) atoms. The van der Waals surface area contributed by atoms with Crippen LogP contribution in [0.1, 0.15) is 26.2 Å². The van der Waals surface area contributed by atoms with Crippen LogP contribution in [0, 0.1) is 5.92 Å². The predicted molar refractivity (Wildman–Crippen MR) is 106 cm³/mol. The van der Waals surface area contributed by atoms with Gasteiger partial charge in [0, 0.05) is 19.0 Å². The summed E-state index contributed by atoms with van der Waals surface area (Å²) >= 11 is 0. The number of benzene rings is 1. The molecule has 8 heteroatoms. The second-order valence-corrected chi connectivity index (χ2v) is 6.23. The third-order valence-electron chi connectivity index (χ3n) is 4.55. The van der Waals surface area contributed by atoms with Crippen molar-refractivity contribution in [3.63, 3.8) is 0 Å². The molecule has 0 bridgehead atoms. The summed E-state index contributed by atoms with van der Waals surface area (Å²) in [5.41, 5.74) is 0.624. The van der Waals surface area contributed by atoms with Crippen LogP contribution in [0.4, 0.5) is 5.69 Å². The van der Waals surface area contributed by atoms with Gasteiger partial charge in [0.25, 0.3) is 0 Å². The van der Waals surface area contributed by atoms with Gasteiger partial charge in [0.1, 0.15) is 11.5 Å². The van der Waals surface area contributed by atoms with Crippen molar-refractivity contribution in [2.45, 2.75) is 26.2 Å². The number of rotatable bonds is 8. The number of nitrogens with zero attached hydrogens (tertiary/aromatic N) is 1. The molecule has 0 aromatic heterocycles.